The van der Waals surface area contributed by atoms with Crippen molar-refractivity contribution >= 4 is 41.3 Å². The Balaban J connectivity index is 3.12. The van der Waals surface area contributed by atoms with Gasteiger partial charge >= 0.3 is 17.9 Å². The molecule has 12 heteroatoms. The molecule has 0 heterocycles. The summed E-state index contributed by atoms with van der Waals surface area (Å²) in [4.78, 5) is 78.0. The minimum absolute atomic E-state index is 0.0498. The van der Waals surface area contributed by atoms with Crippen LogP contribution in [0.15, 0.2) is 18.2 Å². The molecule has 0 unspecified atom stereocenters. The third-order valence-electron chi connectivity index (χ3n) is 6.01. The number of aromatic carboxylic acids is 3. The molecule has 6 N–H and O–H groups in total. The summed E-state index contributed by atoms with van der Waals surface area (Å²) in [5.41, 5.74) is -4.66. The van der Waals surface area contributed by atoms with Crippen molar-refractivity contribution in [2.24, 2.45) is 0 Å². The molecule has 41 heavy (non-hydrogen) atoms. The fraction of sp³-hybridized carbons (Fsp3) is 0.379. The highest BCUT2D eigenvalue weighted by molar-refractivity contribution is 6.26. The summed E-state index contributed by atoms with van der Waals surface area (Å²) in [6, 6.07) is 3.96. The van der Waals surface area contributed by atoms with E-state index in [9.17, 15) is 44.1 Å². The van der Waals surface area contributed by atoms with Crippen LogP contribution in [0, 0.1) is 0 Å². The molecule has 2 aromatic rings. The lowest BCUT2D eigenvalue weighted by Gasteiger charge is -2.22. The van der Waals surface area contributed by atoms with E-state index in [0.29, 0.717) is 6.42 Å². The summed E-state index contributed by atoms with van der Waals surface area (Å²) in [5, 5.41) is 37.7. The van der Waals surface area contributed by atoms with Gasteiger partial charge < -0.3 is 31.3 Å². The van der Waals surface area contributed by atoms with Crippen LogP contribution in [0.1, 0.15) is 128 Å². The van der Waals surface area contributed by atoms with E-state index in [4.69, 9.17) is 0 Å². The molecule has 0 aromatic heterocycles. The van der Waals surface area contributed by atoms with Crippen molar-refractivity contribution in [2.75, 3.05) is 5.32 Å². The number of nitrogens with one attached hydrogen (secondary N) is 3. The van der Waals surface area contributed by atoms with E-state index < -0.39 is 81.1 Å². The monoisotopic (exact) mass is 569 g/mol. The topological polar surface area (TPSA) is 199 Å². The average molecular weight is 570 g/mol. The second-order valence-electron chi connectivity index (χ2n) is 10.3. The second kappa shape index (κ2) is 13.1. The first-order valence-electron chi connectivity index (χ1n) is 13.0. The zero-order valence-corrected chi connectivity index (χ0v) is 24.0. The maximum absolute atomic E-state index is 13.8. The van der Waals surface area contributed by atoms with E-state index in [-0.39, 0.29) is 11.6 Å². The quantitative estimate of drug-likeness (QED) is 0.231. The Bertz CT molecular complexity index is 1360. The summed E-state index contributed by atoms with van der Waals surface area (Å²) < 4.78 is 0. The molecule has 0 saturated carbocycles. The molecule has 0 radical (unpaired) electrons. The predicted octanol–water partition coefficient (Wildman–Crippen LogP) is 4.00. The number of aryl methyl sites for hydroxylation is 1. The summed E-state index contributed by atoms with van der Waals surface area (Å²) in [7, 11) is 0. The summed E-state index contributed by atoms with van der Waals surface area (Å²) >= 11 is 0. The van der Waals surface area contributed by atoms with Crippen LogP contribution in [0.5, 0.6) is 0 Å². The molecule has 0 aliphatic rings. The lowest BCUT2D eigenvalue weighted by atomic mass is 9.84. The molecule has 220 valence electrons. The number of hydrogen-bond acceptors (Lipinski definition) is 6. The van der Waals surface area contributed by atoms with Gasteiger partial charge in [-0.1, -0.05) is 26.8 Å². The van der Waals surface area contributed by atoms with Gasteiger partial charge in [0, 0.05) is 17.8 Å². The lowest BCUT2D eigenvalue weighted by Crippen LogP contribution is -2.39. The van der Waals surface area contributed by atoms with E-state index in [0.717, 1.165) is 11.1 Å². The minimum atomic E-state index is -1.94. The fourth-order valence-corrected chi connectivity index (χ4v) is 4.26. The summed E-state index contributed by atoms with van der Waals surface area (Å²) in [5.74, 6) is -9.43. The standard InChI is InChI=1S/C29H35N3O9/c1-8-15-9-16(12(2)3)11-17(10-15)32-26(35)20-22(28(38)39)18(24(33)30-13(4)5)21(27(36)37)19(23(20)29(40)41)25(34)31-14(6)7/h9-14H,8H2,1-7H3,(H,30,33)(H,31,34)(H,32,35)(H,36,37)(H,38,39)(H,40,41). The van der Waals surface area contributed by atoms with Gasteiger partial charge in [0.1, 0.15) is 0 Å². The molecule has 2 aromatic carbocycles. The van der Waals surface area contributed by atoms with Gasteiger partial charge in [-0.15, -0.1) is 0 Å². The van der Waals surface area contributed by atoms with E-state index in [1.54, 1.807) is 12.1 Å². The zero-order valence-electron chi connectivity index (χ0n) is 24.0. The van der Waals surface area contributed by atoms with Gasteiger partial charge in [-0.05, 0) is 63.3 Å². The maximum atomic E-state index is 13.8. The van der Waals surface area contributed by atoms with Crippen LogP contribution >= 0.6 is 0 Å². The third kappa shape index (κ3) is 7.27. The number of anilines is 1. The van der Waals surface area contributed by atoms with Gasteiger partial charge in [-0.3, -0.25) is 14.4 Å². The molecule has 3 amide bonds. The summed E-state index contributed by atoms with van der Waals surface area (Å²) in [6.07, 6.45) is 0.594. The van der Waals surface area contributed by atoms with Gasteiger partial charge in [0.25, 0.3) is 17.7 Å². The molecule has 2 rings (SSSR count). The minimum Gasteiger partial charge on any atom is -0.478 e. The van der Waals surface area contributed by atoms with Crippen molar-refractivity contribution in [3.05, 3.63) is 62.7 Å². The molecular formula is C29H35N3O9. The summed E-state index contributed by atoms with van der Waals surface area (Å²) in [6.45, 7) is 11.8. The molecular weight excluding hydrogens is 534 g/mol. The first kappa shape index (κ1) is 32.5. The largest absolute Gasteiger partial charge is 0.478 e. The SMILES string of the molecule is CCc1cc(NC(=O)c2c(C(=O)O)c(C(=O)NC(C)C)c(C(=O)O)c(C(=O)NC(C)C)c2C(=O)O)cc(C(C)C)c1. The number of benzene rings is 2. The van der Waals surface area contributed by atoms with Crippen LogP contribution in [0.25, 0.3) is 0 Å². The normalized spacial score (nSPS) is 11.0. The van der Waals surface area contributed by atoms with Crippen LogP contribution in [-0.4, -0.2) is 63.0 Å². The predicted molar refractivity (Wildman–Crippen MR) is 150 cm³/mol. The Kier molecular flexibility index (Phi) is 10.4. The molecule has 0 saturated heterocycles. The maximum Gasteiger partial charge on any atom is 0.337 e. The van der Waals surface area contributed by atoms with E-state index >= 15 is 0 Å². The number of rotatable bonds is 11. The van der Waals surface area contributed by atoms with Gasteiger partial charge in [0.05, 0.1) is 33.4 Å². The molecule has 0 spiro atoms. The lowest BCUT2D eigenvalue weighted by molar-refractivity contribution is 0.0670. The Morgan fingerprint density at radius 1 is 0.610 bits per heavy atom. The van der Waals surface area contributed by atoms with Gasteiger partial charge in [-0.2, -0.15) is 0 Å². The number of carboxylic acids is 3. The number of carbonyl (C=O) groups excluding carboxylic acids is 3. The molecule has 0 fully saturated rings. The fourth-order valence-electron chi connectivity index (χ4n) is 4.26. The van der Waals surface area contributed by atoms with E-state index in [1.165, 1.54) is 27.7 Å². The Labute approximate surface area is 237 Å². The molecule has 12 nitrogen and oxygen atoms in total. The Morgan fingerprint density at radius 3 is 1.32 bits per heavy atom. The van der Waals surface area contributed by atoms with Gasteiger partial charge in [-0.25, -0.2) is 14.4 Å². The van der Waals surface area contributed by atoms with Crippen molar-refractivity contribution in [3.8, 4) is 0 Å². The Morgan fingerprint density at radius 2 is 1.00 bits per heavy atom. The highest BCUT2D eigenvalue weighted by Crippen LogP contribution is 2.32. The molecule has 0 aliphatic carbocycles. The number of amides is 3. The van der Waals surface area contributed by atoms with Crippen LogP contribution in [0.3, 0.4) is 0 Å². The average Bonchev–Trinajstić information content (AvgIpc) is 2.85. The van der Waals surface area contributed by atoms with Crippen LogP contribution in [0.2, 0.25) is 0 Å². The van der Waals surface area contributed by atoms with Crippen molar-refractivity contribution < 1.29 is 44.1 Å². The van der Waals surface area contributed by atoms with E-state index in [1.807, 2.05) is 26.8 Å². The number of hydrogen-bond donors (Lipinski definition) is 6. The second-order valence-corrected chi connectivity index (χ2v) is 10.3. The van der Waals surface area contributed by atoms with Crippen molar-refractivity contribution in [1.82, 2.24) is 10.6 Å². The van der Waals surface area contributed by atoms with Gasteiger partial charge in [0.2, 0.25) is 0 Å². The number of carboxylic acid groups (broad SMARTS) is 3. The van der Waals surface area contributed by atoms with Gasteiger partial charge in [0.15, 0.2) is 0 Å². The first-order valence-corrected chi connectivity index (χ1v) is 13.0. The highest BCUT2D eigenvalue weighted by atomic mass is 16.4. The molecule has 0 aliphatic heterocycles. The zero-order chi connectivity index (χ0) is 31.3. The Hall–Kier alpha value is -4.74. The highest BCUT2D eigenvalue weighted by Gasteiger charge is 2.40. The van der Waals surface area contributed by atoms with Crippen molar-refractivity contribution in [2.45, 2.75) is 72.9 Å². The number of carbonyl (C=O) groups is 6. The van der Waals surface area contributed by atoms with Crippen LogP contribution in [0.4, 0.5) is 5.69 Å². The first-order chi connectivity index (χ1) is 19.0. The van der Waals surface area contributed by atoms with Crippen LogP contribution < -0.4 is 16.0 Å². The van der Waals surface area contributed by atoms with Crippen LogP contribution in [-0.2, 0) is 6.42 Å². The van der Waals surface area contributed by atoms with Crippen molar-refractivity contribution in [3.63, 3.8) is 0 Å². The third-order valence-corrected chi connectivity index (χ3v) is 6.01. The van der Waals surface area contributed by atoms with E-state index in [2.05, 4.69) is 16.0 Å². The van der Waals surface area contributed by atoms with Crippen molar-refractivity contribution in [1.29, 1.82) is 0 Å². The smallest absolute Gasteiger partial charge is 0.337 e. The molecule has 0 atom stereocenters. The molecule has 0 bridgehead atoms.